The number of halogens is 5. The van der Waals surface area contributed by atoms with Gasteiger partial charge in [0, 0.05) is 26.2 Å². The molecule has 1 saturated heterocycles. The van der Waals surface area contributed by atoms with Crippen molar-refractivity contribution in [2.45, 2.75) is 6.92 Å². The van der Waals surface area contributed by atoms with Gasteiger partial charge in [-0.2, -0.15) is 0 Å². The van der Waals surface area contributed by atoms with Crippen LogP contribution >= 0.6 is 58.0 Å². The Balaban J connectivity index is 2.03. The first-order chi connectivity index (χ1) is 10.9. The van der Waals surface area contributed by atoms with Gasteiger partial charge in [-0.3, -0.25) is 4.79 Å². The van der Waals surface area contributed by atoms with Crippen LogP contribution in [-0.2, 0) is 4.79 Å². The monoisotopic (exact) mass is 418 g/mol. The van der Waals surface area contributed by atoms with Crippen molar-refractivity contribution in [2.24, 2.45) is 0 Å². The summed E-state index contributed by atoms with van der Waals surface area (Å²) in [5.41, 5.74) is 0. The first kappa shape index (κ1) is 19.2. The second-order valence-corrected chi connectivity index (χ2v) is 6.89. The van der Waals surface area contributed by atoms with Gasteiger partial charge in [0.15, 0.2) is 12.4 Å². The van der Waals surface area contributed by atoms with Crippen LogP contribution in [0.25, 0.3) is 0 Å². The molecule has 1 aliphatic rings. The fourth-order valence-electron chi connectivity index (χ4n) is 2.25. The molecule has 0 bridgehead atoms. The van der Waals surface area contributed by atoms with Crippen molar-refractivity contribution in [2.75, 3.05) is 39.3 Å². The first-order valence-electron chi connectivity index (χ1n) is 7.01. The maximum atomic E-state index is 12.2. The van der Waals surface area contributed by atoms with E-state index in [-0.39, 0.29) is 43.4 Å². The summed E-state index contributed by atoms with van der Waals surface area (Å²) in [6, 6.07) is 0. The van der Waals surface area contributed by atoms with E-state index in [4.69, 9.17) is 62.7 Å². The standard InChI is InChI=1S/C14H15Cl5N2O2/c1-2-20-3-5-21(6-4-20)8(22)7-23-14-12(18)10(16)9(15)11(17)13(14)19/h2-7H2,1H3. The Morgan fingerprint density at radius 2 is 1.39 bits per heavy atom. The van der Waals surface area contributed by atoms with Gasteiger partial charge in [0.25, 0.3) is 5.91 Å². The summed E-state index contributed by atoms with van der Waals surface area (Å²) in [4.78, 5) is 16.2. The zero-order chi connectivity index (χ0) is 17.1. The molecular weight excluding hydrogens is 405 g/mol. The van der Waals surface area contributed by atoms with Gasteiger partial charge < -0.3 is 14.5 Å². The van der Waals surface area contributed by atoms with Crippen molar-refractivity contribution in [1.82, 2.24) is 9.80 Å². The Labute approximate surface area is 160 Å². The van der Waals surface area contributed by atoms with E-state index in [1.54, 1.807) is 4.90 Å². The molecule has 4 nitrogen and oxygen atoms in total. The summed E-state index contributed by atoms with van der Waals surface area (Å²) >= 11 is 30.0. The second kappa shape index (κ2) is 8.32. The highest BCUT2D eigenvalue weighted by molar-refractivity contribution is 6.55. The molecule has 0 unspecified atom stereocenters. The Bertz CT molecular complexity index is 574. The molecule has 0 aliphatic carbocycles. The van der Waals surface area contributed by atoms with Crippen molar-refractivity contribution in [3.8, 4) is 5.75 Å². The van der Waals surface area contributed by atoms with Crippen molar-refractivity contribution in [3.63, 3.8) is 0 Å². The maximum absolute atomic E-state index is 12.2. The molecule has 0 saturated carbocycles. The molecule has 0 spiro atoms. The minimum absolute atomic E-state index is 0.0367. The van der Waals surface area contributed by atoms with Crippen LogP contribution in [-0.4, -0.2) is 55.0 Å². The van der Waals surface area contributed by atoms with Crippen LogP contribution in [0, 0.1) is 0 Å². The lowest BCUT2D eigenvalue weighted by atomic mass is 10.3. The molecule has 0 atom stereocenters. The van der Waals surface area contributed by atoms with Crippen LogP contribution < -0.4 is 4.74 Å². The molecule has 0 radical (unpaired) electrons. The van der Waals surface area contributed by atoms with Gasteiger partial charge in [0.2, 0.25) is 0 Å². The van der Waals surface area contributed by atoms with Crippen LogP contribution in [0.1, 0.15) is 6.92 Å². The van der Waals surface area contributed by atoms with Gasteiger partial charge in [0.1, 0.15) is 10.0 Å². The number of benzene rings is 1. The molecule has 1 fully saturated rings. The maximum Gasteiger partial charge on any atom is 0.260 e. The zero-order valence-corrected chi connectivity index (χ0v) is 16.1. The predicted molar refractivity (Wildman–Crippen MR) is 95.7 cm³/mol. The fourth-order valence-corrected chi connectivity index (χ4v) is 3.48. The van der Waals surface area contributed by atoms with Crippen molar-refractivity contribution < 1.29 is 9.53 Å². The number of ether oxygens (including phenoxy) is 1. The van der Waals surface area contributed by atoms with Crippen LogP contribution in [0.4, 0.5) is 0 Å². The average molecular weight is 421 g/mol. The van der Waals surface area contributed by atoms with Gasteiger partial charge >= 0.3 is 0 Å². The lowest BCUT2D eigenvalue weighted by molar-refractivity contribution is -0.135. The van der Waals surface area contributed by atoms with E-state index < -0.39 is 0 Å². The molecule has 23 heavy (non-hydrogen) atoms. The van der Waals surface area contributed by atoms with Crippen LogP contribution in [0.2, 0.25) is 25.1 Å². The number of amides is 1. The third-order valence-corrected chi connectivity index (χ3v) is 5.92. The third-order valence-electron chi connectivity index (χ3n) is 3.68. The molecule has 0 aromatic heterocycles. The number of likely N-dealkylation sites (N-methyl/N-ethyl adjacent to an activating group) is 1. The number of carbonyl (C=O) groups is 1. The minimum Gasteiger partial charge on any atom is -0.481 e. The molecule has 1 aromatic carbocycles. The summed E-state index contributed by atoms with van der Waals surface area (Å²) in [7, 11) is 0. The number of piperazine rings is 1. The Hall–Kier alpha value is -0.100. The van der Waals surface area contributed by atoms with Crippen molar-refractivity contribution in [1.29, 1.82) is 0 Å². The SMILES string of the molecule is CCN1CCN(C(=O)COc2c(Cl)c(Cl)c(Cl)c(Cl)c2Cl)CC1. The van der Waals surface area contributed by atoms with E-state index in [0.717, 1.165) is 19.6 Å². The van der Waals surface area contributed by atoms with Crippen LogP contribution in [0.3, 0.4) is 0 Å². The lowest BCUT2D eigenvalue weighted by Gasteiger charge is -2.34. The number of carbonyl (C=O) groups excluding carboxylic acids is 1. The van der Waals surface area contributed by atoms with Gasteiger partial charge in [-0.25, -0.2) is 0 Å². The van der Waals surface area contributed by atoms with Crippen LogP contribution in [0.5, 0.6) is 5.75 Å². The van der Waals surface area contributed by atoms with E-state index in [1.165, 1.54) is 0 Å². The van der Waals surface area contributed by atoms with E-state index in [1.807, 2.05) is 0 Å². The largest absolute Gasteiger partial charge is 0.481 e. The number of rotatable bonds is 4. The highest BCUT2D eigenvalue weighted by Gasteiger charge is 2.24. The van der Waals surface area contributed by atoms with E-state index in [9.17, 15) is 4.79 Å². The van der Waals surface area contributed by atoms with Gasteiger partial charge in [-0.05, 0) is 6.54 Å². The lowest BCUT2D eigenvalue weighted by Crippen LogP contribution is -2.49. The summed E-state index contributed by atoms with van der Waals surface area (Å²) < 4.78 is 5.46. The Morgan fingerprint density at radius 1 is 0.913 bits per heavy atom. The number of nitrogens with zero attached hydrogens (tertiary/aromatic N) is 2. The summed E-state index contributed by atoms with van der Waals surface area (Å²) in [6.45, 7) is 5.91. The Morgan fingerprint density at radius 3 is 1.87 bits per heavy atom. The average Bonchev–Trinajstić information content (AvgIpc) is 2.58. The Kier molecular flexibility index (Phi) is 6.96. The molecule has 1 heterocycles. The summed E-state index contributed by atoms with van der Waals surface area (Å²) in [5, 5.41) is 0.213. The normalized spacial score (nSPS) is 15.8. The molecule has 9 heteroatoms. The fraction of sp³-hybridized carbons (Fsp3) is 0.500. The topological polar surface area (TPSA) is 32.8 Å². The number of hydrogen-bond donors (Lipinski definition) is 0. The molecule has 2 rings (SSSR count). The molecule has 0 N–H and O–H groups in total. The third kappa shape index (κ3) is 4.30. The first-order valence-corrected chi connectivity index (χ1v) is 8.90. The van der Waals surface area contributed by atoms with E-state index >= 15 is 0 Å². The van der Waals surface area contributed by atoms with E-state index in [0.29, 0.717) is 13.1 Å². The smallest absolute Gasteiger partial charge is 0.260 e. The van der Waals surface area contributed by atoms with E-state index in [2.05, 4.69) is 11.8 Å². The highest BCUT2D eigenvalue weighted by Crippen LogP contribution is 2.48. The minimum atomic E-state index is -0.195. The number of hydrogen-bond acceptors (Lipinski definition) is 3. The zero-order valence-electron chi connectivity index (χ0n) is 12.3. The molecular formula is C14H15Cl5N2O2. The highest BCUT2D eigenvalue weighted by atomic mass is 35.5. The van der Waals surface area contributed by atoms with Gasteiger partial charge in [-0.15, -0.1) is 0 Å². The van der Waals surface area contributed by atoms with Crippen molar-refractivity contribution >= 4 is 63.9 Å². The summed E-state index contributed by atoms with van der Waals surface area (Å²) in [6.07, 6.45) is 0. The molecule has 1 aliphatic heterocycles. The molecule has 128 valence electrons. The van der Waals surface area contributed by atoms with Crippen molar-refractivity contribution in [3.05, 3.63) is 25.1 Å². The van der Waals surface area contributed by atoms with Crippen LogP contribution in [0.15, 0.2) is 0 Å². The van der Waals surface area contributed by atoms with Gasteiger partial charge in [-0.1, -0.05) is 64.9 Å². The predicted octanol–water partition coefficient (Wildman–Crippen LogP) is 4.50. The molecule has 1 amide bonds. The second-order valence-electron chi connectivity index (χ2n) is 5.00. The van der Waals surface area contributed by atoms with Gasteiger partial charge in [0.05, 0.1) is 15.1 Å². The summed E-state index contributed by atoms with van der Waals surface area (Å²) in [5.74, 6) is -0.0802. The molecule has 1 aromatic rings. The quantitative estimate of drug-likeness (QED) is 0.531.